The number of halogens is 1. The van der Waals surface area contributed by atoms with Crippen molar-refractivity contribution in [3.63, 3.8) is 0 Å². The number of rotatable bonds is 2. The van der Waals surface area contributed by atoms with Crippen LogP contribution in [-0.2, 0) is 0 Å². The molecule has 0 amide bonds. The largest absolute Gasteiger partial charge is 0.382 e. The summed E-state index contributed by atoms with van der Waals surface area (Å²) in [5, 5.41) is 10.8. The lowest BCUT2D eigenvalue weighted by Gasteiger charge is -2.36. The topological polar surface area (TPSA) is 69.2 Å². The second-order valence-corrected chi connectivity index (χ2v) is 5.94. The normalized spacial score (nSPS) is 15.0. The third-order valence-corrected chi connectivity index (χ3v) is 4.82. The van der Waals surface area contributed by atoms with Crippen molar-refractivity contribution in [2.45, 2.75) is 0 Å². The summed E-state index contributed by atoms with van der Waals surface area (Å²) >= 11 is 7.53. The van der Waals surface area contributed by atoms with E-state index in [1.807, 2.05) is 24.3 Å². The molecule has 1 fully saturated rings. The van der Waals surface area contributed by atoms with Crippen molar-refractivity contribution in [3.05, 3.63) is 34.9 Å². The number of nitrogens with zero attached hydrogens (tertiary/aromatic N) is 4. The van der Waals surface area contributed by atoms with Crippen LogP contribution in [0.3, 0.4) is 0 Å². The van der Waals surface area contributed by atoms with Gasteiger partial charge < -0.3 is 15.5 Å². The summed E-state index contributed by atoms with van der Waals surface area (Å²) in [5.74, 6) is 0.325. The Labute approximate surface area is 132 Å². The summed E-state index contributed by atoms with van der Waals surface area (Å²) < 4.78 is 4.07. The van der Waals surface area contributed by atoms with E-state index in [1.54, 1.807) is 0 Å². The molecule has 2 N–H and O–H groups in total. The van der Waals surface area contributed by atoms with Crippen LogP contribution in [0, 0.1) is 11.3 Å². The highest BCUT2D eigenvalue weighted by Gasteiger charge is 2.23. The lowest BCUT2D eigenvalue weighted by atomic mass is 10.2. The second kappa shape index (κ2) is 5.80. The first kappa shape index (κ1) is 14.0. The second-order valence-electron chi connectivity index (χ2n) is 4.79. The van der Waals surface area contributed by atoms with Crippen molar-refractivity contribution in [1.29, 1.82) is 5.26 Å². The summed E-state index contributed by atoms with van der Waals surface area (Å²) in [6.07, 6.45) is 0. The van der Waals surface area contributed by atoms with Crippen molar-refractivity contribution in [3.8, 4) is 6.07 Å². The molecule has 0 aliphatic carbocycles. The quantitative estimate of drug-likeness (QED) is 0.921. The predicted molar refractivity (Wildman–Crippen MR) is 87.1 cm³/mol. The molecule has 3 rings (SSSR count). The van der Waals surface area contributed by atoms with Gasteiger partial charge in [-0.1, -0.05) is 23.7 Å². The number of para-hydroxylation sites is 1. The molecule has 1 aromatic heterocycles. The number of nitrogen functional groups attached to an aromatic ring is 1. The molecule has 0 atom stereocenters. The summed E-state index contributed by atoms with van der Waals surface area (Å²) in [7, 11) is 0. The maximum atomic E-state index is 9.17. The van der Waals surface area contributed by atoms with Crippen LogP contribution in [-0.4, -0.2) is 30.6 Å². The van der Waals surface area contributed by atoms with Crippen molar-refractivity contribution in [2.75, 3.05) is 41.7 Å². The minimum Gasteiger partial charge on any atom is -0.382 e. The molecule has 7 heteroatoms. The minimum absolute atomic E-state index is 0.325. The van der Waals surface area contributed by atoms with Crippen LogP contribution in [0.15, 0.2) is 24.3 Å². The molecule has 2 aromatic rings. The maximum absolute atomic E-state index is 9.17. The van der Waals surface area contributed by atoms with Gasteiger partial charge >= 0.3 is 0 Å². The third kappa shape index (κ3) is 2.62. The molecule has 1 aliphatic rings. The number of hydrogen-bond donors (Lipinski definition) is 1. The Morgan fingerprint density at radius 3 is 2.52 bits per heavy atom. The van der Waals surface area contributed by atoms with Crippen LogP contribution in [0.2, 0.25) is 5.02 Å². The summed E-state index contributed by atoms with van der Waals surface area (Å²) in [6.45, 7) is 3.35. The van der Waals surface area contributed by atoms with Crippen LogP contribution in [0.4, 0.5) is 16.5 Å². The molecule has 1 aliphatic heterocycles. The van der Waals surface area contributed by atoms with E-state index in [4.69, 9.17) is 22.6 Å². The molecular weight excluding hydrogens is 306 g/mol. The molecule has 2 heterocycles. The molecule has 5 nitrogen and oxygen atoms in total. The molecule has 21 heavy (non-hydrogen) atoms. The first-order chi connectivity index (χ1) is 10.2. The fourth-order valence-electron chi connectivity index (χ4n) is 2.47. The Hall–Kier alpha value is -1.97. The average Bonchev–Trinajstić information content (AvgIpc) is 2.89. The number of nitrogens with two attached hydrogens (primary N) is 1. The van der Waals surface area contributed by atoms with Gasteiger partial charge in [0.1, 0.15) is 16.6 Å². The van der Waals surface area contributed by atoms with Crippen molar-refractivity contribution in [1.82, 2.24) is 4.37 Å². The summed E-state index contributed by atoms with van der Waals surface area (Å²) in [4.78, 5) is 4.43. The highest BCUT2D eigenvalue weighted by atomic mass is 35.5. The van der Waals surface area contributed by atoms with E-state index in [-0.39, 0.29) is 0 Å². The number of hydrogen-bond acceptors (Lipinski definition) is 6. The zero-order valence-corrected chi connectivity index (χ0v) is 12.9. The standard InChI is InChI=1S/C14H14ClN5S/c15-11-3-1-2-4-12(11)19-5-7-20(8-6-19)14-10(9-16)13(17)18-21-14/h1-4H,5-8H2,(H2,17,18). The summed E-state index contributed by atoms with van der Waals surface area (Å²) in [6, 6.07) is 10.00. The van der Waals surface area contributed by atoms with E-state index in [0.717, 1.165) is 41.9 Å². The highest BCUT2D eigenvalue weighted by Crippen LogP contribution is 2.32. The van der Waals surface area contributed by atoms with E-state index >= 15 is 0 Å². The van der Waals surface area contributed by atoms with E-state index in [9.17, 15) is 0 Å². The number of anilines is 3. The number of benzene rings is 1. The number of aromatic nitrogens is 1. The lowest BCUT2D eigenvalue weighted by molar-refractivity contribution is 0.657. The van der Waals surface area contributed by atoms with Crippen molar-refractivity contribution < 1.29 is 0 Å². The molecule has 0 spiro atoms. The maximum Gasteiger partial charge on any atom is 0.157 e. The number of piperazine rings is 1. The van der Waals surface area contributed by atoms with Crippen LogP contribution in [0.5, 0.6) is 0 Å². The van der Waals surface area contributed by atoms with Crippen molar-refractivity contribution >= 4 is 39.6 Å². The van der Waals surface area contributed by atoms with Gasteiger partial charge in [-0.15, -0.1) is 0 Å². The Morgan fingerprint density at radius 2 is 1.86 bits per heavy atom. The predicted octanol–water partition coefficient (Wildman–Crippen LogP) is 2.58. The Bertz CT molecular complexity index is 685. The van der Waals surface area contributed by atoms with Gasteiger partial charge in [0.15, 0.2) is 5.82 Å². The van der Waals surface area contributed by atoms with Crippen LogP contribution < -0.4 is 15.5 Å². The summed E-state index contributed by atoms with van der Waals surface area (Å²) in [5.41, 5.74) is 7.27. The Balaban J connectivity index is 1.74. The van der Waals surface area contributed by atoms with Crippen molar-refractivity contribution in [2.24, 2.45) is 0 Å². The zero-order valence-electron chi connectivity index (χ0n) is 11.3. The van der Waals surface area contributed by atoms with Gasteiger partial charge in [-0.25, -0.2) is 0 Å². The smallest absolute Gasteiger partial charge is 0.157 e. The van der Waals surface area contributed by atoms with Gasteiger partial charge in [0.05, 0.1) is 10.7 Å². The van der Waals surface area contributed by atoms with Crippen LogP contribution >= 0.6 is 23.1 Å². The van der Waals surface area contributed by atoms with Crippen LogP contribution in [0.1, 0.15) is 5.56 Å². The zero-order chi connectivity index (χ0) is 14.8. The first-order valence-electron chi connectivity index (χ1n) is 6.60. The van der Waals surface area contributed by atoms with E-state index in [2.05, 4.69) is 20.2 Å². The lowest BCUT2D eigenvalue weighted by Crippen LogP contribution is -2.46. The molecule has 0 radical (unpaired) electrons. The van der Waals surface area contributed by atoms with E-state index in [1.165, 1.54) is 11.5 Å². The minimum atomic E-state index is 0.325. The SMILES string of the molecule is N#Cc1c(N)nsc1N1CCN(c2ccccc2Cl)CC1. The molecule has 0 saturated carbocycles. The molecule has 108 valence electrons. The third-order valence-electron chi connectivity index (χ3n) is 3.57. The highest BCUT2D eigenvalue weighted by molar-refractivity contribution is 7.10. The molecule has 1 aromatic carbocycles. The average molecular weight is 320 g/mol. The van der Waals surface area contributed by atoms with Gasteiger partial charge in [-0.3, -0.25) is 0 Å². The van der Waals surface area contributed by atoms with Gasteiger partial charge in [-0.05, 0) is 23.7 Å². The molecule has 1 saturated heterocycles. The molecule has 0 bridgehead atoms. The van der Waals surface area contributed by atoms with E-state index in [0.29, 0.717) is 11.4 Å². The first-order valence-corrected chi connectivity index (χ1v) is 7.75. The van der Waals surface area contributed by atoms with Gasteiger partial charge in [0.2, 0.25) is 0 Å². The fraction of sp³-hybridized carbons (Fsp3) is 0.286. The van der Waals surface area contributed by atoms with Gasteiger partial charge in [0.25, 0.3) is 0 Å². The Morgan fingerprint density at radius 1 is 1.19 bits per heavy atom. The molecular formula is C14H14ClN5S. The van der Waals surface area contributed by atoms with E-state index < -0.39 is 0 Å². The fourth-order valence-corrected chi connectivity index (χ4v) is 3.54. The number of nitriles is 1. The van der Waals surface area contributed by atoms with Gasteiger partial charge in [0, 0.05) is 26.2 Å². The van der Waals surface area contributed by atoms with Gasteiger partial charge in [-0.2, -0.15) is 9.64 Å². The Kier molecular flexibility index (Phi) is 3.86. The van der Waals surface area contributed by atoms with Crippen LogP contribution in [0.25, 0.3) is 0 Å². The molecule has 0 unspecified atom stereocenters. The monoisotopic (exact) mass is 319 g/mol.